The number of benzene rings is 1. The van der Waals surface area contributed by atoms with E-state index >= 15 is 0 Å². The summed E-state index contributed by atoms with van der Waals surface area (Å²) in [6.07, 6.45) is 4.40. The lowest BCUT2D eigenvalue weighted by atomic mass is 9.48. The van der Waals surface area contributed by atoms with E-state index in [2.05, 4.69) is 10.3 Å². The smallest absolute Gasteiger partial charge is 0.321 e. The minimum absolute atomic E-state index is 0.0366. The fraction of sp³-hybridized carbons (Fsp3) is 0.478. The maximum absolute atomic E-state index is 13.2. The molecule has 0 radical (unpaired) electrons. The van der Waals surface area contributed by atoms with Gasteiger partial charge in [-0.2, -0.15) is 13.2 Å². The molecule has 0 unspecified atom stereocenters. The van der Waals surface area contributed by atoms with Crippen LogP contribution >= 0.6 is 0 Å². The Bertz CT molecular complexity index is 918. The van der Waals surface area contributed by atoms with Gasteiger partial charge in [-0.15, -0.1) is 0 Å². The molecule has 4 fully saturated rings. The Hall–Kier alpha value is -2.37. The number of para-hydroxylation sites is 1. The lowest BCUT2D eigenvalue weighted by molar-refractivity contribution is -0.136. The highest BCUT2D eigenvalue weighted by atomic mass is 19.4. The van der Waals surface area contributed by atoms with Crippen LogP contribution in [0.4, 0.5) is 18.9 Å². The van der Waals surface area contributed by atoms with Crippen molar-refractivity contribution in [3.05, 3.63) is 59.4 Å². The van der Waals surface area contributed by atoms with Crippen molar-refractivity contribution in [2.75, 3.05) is 5.32 Å². The first-order valence-electron chi connectivity index (χ1n) is 10.3. The number of hydrogen-bond acceptors (Lipinski definition) is 2. The van der Waals surface area contributed by atoms with E-state index < -0.39 is 17.6 Å². The fourth-order valence-electron chi connectivity index (χ4n) is 6.32. The lowest BCUT2D eigenvalue weighted by Crippen LogP contribution is -2.49. The molecule has 1 aromatic carbocycles. The SMILES string of the molecule is O=C(Nc1ccccc1C(F)(F)F)c1ccnc(C23CC4CC(CC(C4)C2)C3)c1. The van der Waals surface area contributed by atoms with E-state index in [9.17, 15) is 18.0 Å². The Morgan fingerprint density at radius 3 is 2.24 bits per heavy atom. The second-order valence-electron chi connectivity index (χ2n) is 9.13. The maximum atomic E-state index is 13.2. The molecular formula is C23H23F3N2O. The predicted octanol–water partition coefficient (Wildman–Crippen LogP) is 5.82. The molecular weight excluding hydrogens is 377 g/mol. The van der Waals surface area contributed by atoms with Crippen LogP contribution in [0.25, 0.3) is 0 Å². The highest BCUT2D eigenvalue weighted by Gasteiger charge is 2.52. The van der Waals surface area contributed by atoms with Crippen molar-refractivity contribution in [3.8, 4) is 0 Å². The average Bonchev–Trinajstić information content (AvgIpc) is 2.67. The van der Waals surface area contributed by atoms with Crippen molar-refractivity contribution in [2.45, 2.75) is 50.1 Å². The zero-order valence-electron chi connectivity index (χ0n) is 16.0. The lowest BCUT2D eigenvalue weighted by Gasteiger charge is -2.56. The topological polar surface area (TPSA) is 42.0 Å². The zero-order chi connectivity index (χ0) is 20.2. The number of nitrogens with zero attached hydrogens (tertiary/aromatic N) is 1. The molecule has 6 heteroatoms. The second kappa shape index (κ2) is 6.57. The van der Waals surface area contributed by atoms with Crippen molar-refractivity contribution in [1.82, 2.24) is 4.98 Å². The second-order valence-corrected chi connectivity index (χ2v) is 9.13. The number of pyridine rings is 1. The first-order valence-corrected chi connectivity index (χ1v) is 10.3. The molecule has 4 aliphatic rings. The van der Waals surface area contributed by atoms with Gasteiger partial charge >= 0.3 is 6.18 Å². The highest BCUT2D eigenvalue weighted by molar-refractivity contribution is 6.04. The van der Waals surface area contributed by atoms with Gasteiger partial charge in [0.1, 0.15) is 0 Å². The molecule has 4 saturated carbocycles. The Labute approximate surface area is 167 Å². The third-order valence-corrected chi connectivity index (χ3v) is 7.08. The molecule has 1 aromatic heterocycles. The molecule has 1 amide bonds. The van der Waals surface area contributed by atoms with Gasteiger partial charge in [0.15, 0.2) is 0 Å². The Balaban J connectivity index is 1.42. The molecule has 4 bridgehead atoms. The van der Waals surface area contributed by atoms with Crippen molar-refractivity contribution >= 4 is 11.6 Å². The van der Waals surface area contributed by atoms with Gasteiger partial charge in [0.25, 0.3) is 5.91 Å². The molecule has 3 nitrogen and oxygen atoms in total. The first kappa shape index (κ1) is 18.6. The zero-order valence-corrected chi connectivity index (χ0v) is 16.0. The van der Waals surface area contributed by atoms with Crippen LogP contribution in [0.2, 0.25) is 0 Å². The molecule has 0 spiro atoms. The van der Waals surface area contributed by atoms with Crippen LogP contribution in [-0.2, 0) is 11.6 Å². The van der Waals surface area contributed by atoms with Crippen molar-refractivity contribution in [2.24, 2.45) is 17.8 Å². The van der Waals surface area contributed by atoms with Gasteiger partial charge < -0.3 is 5.32 Å². The van der Waals surface area contributed by atoms with Gasteiger partial charge in [0.2, 0.25) is 0 Å². The monoisotopic (exact) mass is 400 g/mol. The standard InChI is InChI=1S/C23H23F3N2O/c24-23(25,26)18-3-1-2-4-19(18)28-21(29)17-5-6-27-20(10-17)22-11-14-7-15(12-22)9-16(8-14)13-22/h1-6,10,14-16H,7-9,11-13H2,(H,28,29). The van der Waals surface area contributed by atoms with E-state index in [4.69, 9.17) is 0 Å². The minimum atomic E-state index is -4.52. The summed E-state index contributed by atoms with van der Waals surface area (Å²) in [5.74, 6) is 1.72. The molecule has 1 heterocycles. The highest BCUT2D eigenvalue weighted by Crippen LogP contribution is 2.60. The molecule has 0 saturated heterocycles. The van der Waals surface area contributed by atoms with Gasteiger partial charge in [0.05, 0.1) is 11.3 Å². The molecule has 2 aromatic rings. The van der Waals surface area contributed by atoms with Gasteiger partial charge in [-0.3, -0.25) is 9.78 Å². The van der Waals surface area contributed by atoms with Crippen molar-refractivity contribution in [3.63, 3.8) is 0 Å². The number of aromatic nitrogens is 1. The van der Waals surface area contributed by atoms with Crippen LogP contribution in [0.1, 0.15) is 60.1 Å². The number of anilines is 1. The van der Waals surface area contributed by atoms with Crippen LogP contribution in [0.15, 0.2) is 42.6 Å². The molecule has 4 aliphatic carbocycles. The Morgan fingerprint density at radius 1 is 1.00 bits per heavy atom. The van der Waals surface area contributed by atoms with Crippen LogP contribution in [0, 0.1) is 17.8 Å². The van der Waals surface area contributed by atoms with Gasteiger partial charge in [-0.1, -0.05) is 12.1 Å². The molecule has 152 valence electrons. The van der Waals surface area contributed by atoms with E-state index in [1.165, 1.54) is 37.5 Å². The molecule has 6 rings (SSSR count). The van der Waals surface area contributed by atoms with E-state index in [-0.39, 0.29) is 11.1 Å². The molecule has 29 heavy (non-hydrogen) atoms. The van der Waals surface area contributed by atoms with E-state index in [1.807, 2.05) is 0 Å². The number of halogens is 3. The summed E-state index contributed by atoms with van der Waals surface area (Å²) in [6, 6.07) is 8.44. The van der Waals surface area contributed by atoms with Crippen LogP contribution in [0.3, 0.4) is 0 Å². The van der Waals surface area contributed by atoms with Crippen molar-refractivity contribution < 1.29 is 18.0 Å². The third-order valence-electron chi connectivity index (χ3n) is 7.08. The number of hydrogen-bond donors (Lipinski definition) is 1. The maximum Gasteiger partial charge on any atom is 0.418 e. The number of carbonyl (C=O) groups is 1. The van der Waals surface area contributed by atoms with Gasteiger partial charge in [-0.25, -0.2) is 0 Å². The third kappa shape index (κ3) is 3.32. The van der Waals surface area contributed by atoms with Crippen molar-refractivity contribution in [1.29, 1.82) is 0 Å². The number of rotatable bonds is 3. The summed E-state index contributed by atoms with van der Waals surface area (Å²) in [5.41, 5.74) is 0.271. The number of nitrogens with one attached hydrogen (secondary N) is 1. The Kier molecular flexibility index (Phi) is 4.23. The summed E-state index contributed by atoms with van der Waals surface area (Å²) in [4.78, 5) is 17.4. The fourth-order valence-corrected chi connectivity index (χ4v) is 6.32. The summed E-state index contributed by atoms with van der Waals surface area (Å²) in [5, 5.41) is 2.45. The normalized spacial score (nSPS) is 30.4. The quantitative estimate of drug-likeness (QED) is 0.705. The number of carbonyl (C=O) groups excluding carboxylic acids is 1. The van der Waals surface area contributed by atoms with Crippen LogP contribution in [-0.4, -0.2) is 10.9 Å². The summed E-state index contributed by atoms with van der Waals surface area (Å²) in [6.45, 7) is 0. The Morgan fingerprint density at radius 2 is 1.62 bits per heavy atom. The average molecular weight is 400 g/mol. The first-order chi connectivity index (χ1) is 13.8. The minimum Gasteiger partial charge on any atom is -0.321 e. The predicted molar refractivity (Wildman–Crippen MR) is 103 cm³/mol. The summed E-state index contributed by atoms with van der Waals surface area (Å²) < 4.78 is 39.7. The van der Waals surface area contributed by atoms with Gasteiger partial charge in [-0.05, 0) is 80.5 Å². The molecule has 1 N–H and O–H groups in total. The van der Waals surface area contributed by atoms with E-state index in [0.29, 0.717) is 5.56 Å². The largest absolute Gasteiger partial charge is 0.418 e. The van der Waals surface area contributed by atoms with E-state index in [0.717, 1.165) is 48.8 Å². The van der Waals surface area contributed by atoms with E-state index in [1.54, 1.807) is 18.3 Å². The van der Waals surface area contributed by atoms with Crippen LogP contribution < -0.4 is 5.32 Å². The number of amides is 1. The summed E-state index contributed by atoms with van der Waals surface area (Å²) >= 11 is 0. The van der Waals surface area contributed by atoms with Gasteiger partial charge in [0, 0.05) is 22.9 Å². The summed E-state index contributed by atoms with van der Waals surface area (Å²) in [7, 11) is 0. The molecule has 0 aliphatic heterocycles. The van der Waals surface area contributed by atoms with Crippen LogP contribution in [0.5, 0.6) is 0 Å². The number of alkyl halides is 3. The molecule has 0 atom stereocenters.